The molecule has 2 aliphatic rings. The van der Waals surface area contributed by atoms with Crippen molar-refractivity contribution in [2.24, 2.45) is 11.0 Å². The summed E-state index contributed by atoms with van der Waals surface area (Å²) in [7, 11) is 0. The molecule has 198 valence electrons. The zero-order chi connectivity index (χ0) is 27.0. The maximum atomic E-state index is 14.2. The standard InChI is InChI=1S/C29H32FN5O3/c1-17-8-13-22(30)20-14-24(33-26(17)20)27(36)34-23-6-5-7-25-21(23)15-31-35(25)16-18-9-11-19(12-10-18)32-28(37)38-29(2,3)4/h5-8,13-16,18-19H,9-12H2,1-4H3,(H2-,31,32,33,34,36,37)/p+1/b35-16+. The largest absolute Gasteiger partial charge is 0.444 e. The van der Waals surface area contributed by atoms with Crippen LogP contribution in [0, 0.1) is 18.7 Å². The summed E-state index contributed by atoms with van der Waals surface area (Å²) in [5, 5.41) is 10.9. The Morgan fingerprint density at radius 2 is 1.92 bits per heavy atom. The van der Waals surface area contributed by atoms with Crippen LogP contribution in [-0.4, -0.2) is 45.7 Å². The number of H-pyrrole nitrogens is 1. The molecular weight excluding hydrogens is 485 g/mol. The summed E-state index contributed by atoms with van der Waals surface area (Å²) in [5.41, 5.74) is 3.60. The van der Waals surface area contributed by atoms with Crippen molar-refractivity contribution in [1.82, 2.24) is 10.3 Å². The van der Waals surface area contributed by atoms with Crippen molar-refractivity contribution in [3.05, 3.63) is 59.0 Å². The lowest BCUT2D eigenvalue weighted by Crippen LogP contribution is -2.41. The molecule has 5 rings (SSSR count). The van der Waals surface area contributed by atoms with E-state index in [4.69, 9.17) is 4.74 Å². The molecule has 0 bridgehead atoms. The predicted molar refractivity (Wildman–Crippen MR) is 146 cm³/mol. The smallest absolute Gasteiger partial charge is 0.407 e. The van der Waals surface area contributed by atoms with Crippen LogP contribution >= 0.6 is 0 Å². The van der Waals surface area contributed by atoms with E-state index in [1.54, 1.807) is 18.3 Å². The number of benzene rings is 2. The fourth-order valence-electron chi connectivity index (χ4n) is 5.02. The van der Waals surface area contributed by atoms with Gasteiger partial charge in [-0.05, 0) is 82.2 Å². The minimum absolute atomic E-state index is 0.104. The van der Waals surface area contributed by atoms with Gasteiger partial charge in [-0.25, -0.2) is 9.18 Å². The van der Waals surface area contributed by atoms with Crippen LogP contribution in [0.25, 0.3) is 10.9 Å². The first-order valence-electron chi connectivity index (χ1n) is 13.0. The molecule has 0 spiro atoms. The Morgan fingerprint density at radius 3 is 2.63 bits per heavy atom. The van der Waals surface area contributed by atoms with E-state index in [2.05, 4.69) is 26.9 Å². The second-order valence-corrected chi connectivity index (χ2v) is 11.0. The number of carbonyl (C=O) groups excluding carboxylic acids is 2. The fourth-order valence-corrected chi connectivity index (χ4v) is 5.02. The van der Waals surface area contributed by atoms with E-state index in [1.807, 2.05) is 50.6 Å². The van der Waals surface area contributed by atoms with Crippen molar-refractivity contribution in [1.29, 1.82) is 0 Å². The van der Waals surface area contributed by atoms with Gasteiger partial charge in [0, 0.05) is 23.4 Å². The number of hydrazone groups is 1. The Balaban J connectivity index is 1.25. The molecule has 0 unspecified atom stereocenters. The third-order valence-corrected chi connectivity index (χ3v) is 6.93. The lowest BCUT2D eigenvalue weighted by Gasteiger charge is -2.27. The summed E-state index contributed by atoms with van der Waals surface area (Å²) >= 11 is 0. The van der Waals surface area contributed by atoms with Crippen LogP contribution in [0.5, 0.6) is 0 Å². The first-order valence-corrected chi connectivity index (χ1v) is 13.0. The van der Waals surface area contributed by atoms with Gasteiger partial charge < -0.3 is 20.4 Å². The lowest BCUT2D eigenvalue weighted by molar-refractivity contribution is -0.438. The van der Waals surface area contributed by atoms with E-state index < -0.39 is 5.60 Å². The lowest BCUT2D eigenvalue weighted by atomic mass is 9.87. The minimum Gasteiger partial charge on any atom is -0.444 e. The van der Waals surface area contributed by atoms with E-state index >= 15 is 0 Å². The van der Waals surface area contributed by atoms with Gasteiger partial charge in [-0.2, -0.15) is 0 Å². The van der Waals surface area contributed by atoms with Crippen LogP contribution < -0.4 is 10.6 Å². The molecule has 38 heavy (non-hydrogen) atoms. The highest BCUT2D eigenvalue weighted by Crippen LogP contribution is 2.31. The molecule has 2 heterocycles. The van der Waals surface area contributed by atoms with Crippen LogP contribution in [0.3, 0.4) is 0 Å². The number of aryl methyl sites for hydroxylation is 1. The van der Waals surface area contributed by atoms with Gasteiger partial charge in [-0.1, -0.05) is 16.8 Å². The number of aromatic nitrogens is 1. The van der Waals surface area contributed by atoms with Crippen molar-refractivity contribution in [3.8, 4) is 0 Å². The zero-order valence-electron chi connectivity index (χ0n) is 22.1. The number of fused-ring (bicyclic) bond motifs is 2. The van der Waals surface area contributed by atoms with Gasteiger partial charge in [0.15, 0.2) is 6.21 Å². The normalized spacial score (nSPS) is 20.0. The number of anilines is 1. The van der Waals surface area contributed by atoms with E-state index in [0.717, 1.165) is 42.5 Å². The van der Waals surface area contributed by atoms with E-state index in [1.165, 1.54) is 6.07 Å². The molecule has 0 radical (unpaired) electrons. The molecule has 0 saturated heterocycles. The second-order valence-electron chi connectivity index (χ2n) is 11.0. The number of carbonyl (C=O) groups is 2. The van der Waals surface area contributed by atoms with Crippen LogP contribution in [0.15, 0.2) is 41.5 Å². The SMILES string of the molecule is Cc1ccc(F)c2cc(C(=O)Nc3cccc4c3C=N/[N+]4=C/C3CCC(NC(=O)OC(C)(C)C)CC3)[nH]c12. The molecule has 3 aromatic rings. The third kappa shape index (κ3) is 5.46. The molecule has 0 atom stereocenters. The molecule has 3 N–H and O–H groups in total. The molecule has 1 saturated carbocycles. The Labute approximate surface area is 221 Å². The maximum Gasteiger partial charge on any atom is 0.407 e. The Kier molecular flexibility index (Phi) is 6.77. The van der Waals surface area contributed by atoms with Crippen LogP contribution in [0.1, 0.15) is 68.1 Å². The number of hydrogen-bond acceptors (Lipinski definition) is 4. The summed E-state index contributed by atoms with van der Waals surface area (Å²) in [6, 6.07) is 10.4. The minimum atomic E-state index is -0.513. The van der Waals surface area contributed by atoms with E-state index in [9.17, 15) is 14.0 Å². The van der Waals surface area contributed by atoms with Gasteiger partial charge in [0.1, 0.15) is 23.3 Å². The first kappa shape index (κ1) is 25.6. The van der Waals surface area contributed by atoms with Crippen molar-refractivity contribution in [2.45, 2.75) is 65.0 Å². The molecule has 2 amide bonds. The predicted octanol–water partition coefficient (Wildman–Crippen LogP) is 6.01. The van der Waals surface area contributed by atoms with E-state index in [-0.39, 0.29) is 23.9 Å². The maximum absolute atomic E-state index is 14.2. The van der Waals surface area contributed by atoms with Gasteiger partial charge in [0.2, 0.25) is 5.69 Å². The summed E-state index contributed by atoms with van der Waals surface area (Å²) in [6.45, 7) is 7.43. The second kappa shape index (κ2) is 10.0. The van der Waals surface area contributed by atoms with Crippen molar-refractivity contribution in [3.63, 3.8) is 0 Å². The summed E-state index contributed by atoms with van der Waals surface area (Å²) in [5.74, 6) is -0.396. The van der Waals surface area contributed by atoms with Crippen LogP contribution in [0.2, 0.25) is 0 Å². The molecule has 1 aliphatic carbocycles. The summed E-state index contributed by atoms with van der Waals surface area (Å²) in [6.07, 6.45) is 7.07. The van der Waals surface area contributed by atoms with Gasteiger partial charge >= 0.3 is 6.09 Å². The highest BCUT2D eigenvalue weighted by Gasteiger charge is 2.29. The highest BCUT2D eigenvalue weighted by atomic mass is 19.1. The molecule has 1 fully saturated rings. The molecule has 2 aromatic carbocycles. The topological polar surface area (TPSA) is 98.6 Å². The number of hydrogen-bond donors (Lipinski definition) is 3. The van der Waals surface area contributed by atoms with Crippen LogP contribution in [-0.2, 0) is 4.74 Å². The molecule has 1 aliphatic heterocycles. The van der Waals surface area contributed by atoms with Crippen molar-refractivity contribution in [2.75, 3.05) is 5.32 Å². The Bertz CT molecular complexity index is 1420. The number of nitrogens with one attached hydrogen (secondary N) is 3. The Morgan fingerprint density at radius 1 is 1.16 bits per heavy atom. The Hall–Kier alpha value is -4.01. The van der Waals surface area contributed by atoms with Gasteiger partial charge in [-0.15, -0.1) is 0 Å². The summed E-state index contributed by atoms with van der Waals surface area (Å²) in [4.78, 5) is 28.1. The average Bonchev–Trinajstić information content (AvgIpc) is 3.48. The summed E-state index contributed by atoms with van der Waals surface area (Å²) < 4.78 is 21.5. The first-order chi connectivity index (χ1) is 18.1. The number of aromatic amines is 1. The molecule has 8 nitrogen and oxygen atoms in total. The highest BCUT2D eigenvalue weighted by molar-refractivity contribution is 6.09. The number of nitrogens with zero attached hydrogens (tertiary/aromatic N) is 2. The zero-order valence-corrected chi connectivity index (χ0v) is 22.1. The van der Waals surface area contributed by atoms with Crippen molar-refractivity contribution < 1.29 is 23.4 Å². The number of rotatable bonds is 4. The van der Waals surface area contributed by atoms with E-state index in [0.29, 0.717) is 28.2 Å². The number of alkyl carbamates (subject to hydrolysis) is 1. The molecular formula is C29H33FN5O3+. The fraction of sp³-hybridized carbons (Fsp3) is 0.379. The average molecular weight is 519 g/mol. The monoisotopic (exact) mass is 518 g/mol. The number of ether oxygens (including phenoxy) is 1. The van der Waals surface area contributed by atoms with Crippen LogP contribution in [0.4, 0.5) is 20.6 Å². The van der Waals surface area contributed by atoms with Crippen molar-refractivity contribution >= 4 is 46.7 Å². The quantitative estimate of drug-likeness (QED) is 0.369. The van der Waals surface area contributed by atoms with Gasteiger partial charge in [0.25, 0.3) is 5.91 Å². The number of halogens is 1. The van der Waals surface area contributed by atoms with Gasteiger partial charge in [-0.3, -0.25) is 4.79 Å². The molecule has 9 heteroatoms. The molecule has 1 aromatic heterocycles. The number of amides is 2. The van der Waals surface area contributed by atoms with Gasteiger partial charge in [0.05, 0.1) is 16.8 Å². The third-order valence-electron chi connectivity index (χ3n) is 6.93.